The van der Waals surface area contributed by atoms with Crippen LogP contribution >= 0.6 is 0 Å². The van der Waals surface area contributed by atoms with Crippen molar-refractivity contribution < 1.29 is 23.7 Å². The van der Waals surface area contributed by atoms with Crippen LogP contribution in [0.3, 0.4) is 0 Å². The fraction of sp³-hybridized carbons (Fsp3) is 0.519. The molecule has 0 saturated carbocycles. The largest absolute Gasteiger partial charge is 0.487 e. The summed E-state index contributed by atoms with van der Waals surface area (Å²) in [4.78, 5) is 25.5. The molecule has 0 fully saturated rings. The first-order chi connectivity index (χ1) is 18.8. The van der Waals surface area contributed by atoms with Crippen LogP contribution in [-0.2, 0) is 19.0 Å². The molecule has 3 aromatic heterocycles. The van der Waals surface area contributed by atoms with Crippen LogP contribution in [-0.4, -0.2) is 77.2 Å². The van der Waals surface area contributed by atoms with Crippen LogP contribution in [0.1, 0.15) is 39.7 Å². The highest BCUT2D eigenvalue weighted by Gasteiger charge is 2.19. The third kappa shape index (κ3) is 8.61. The van der Waals surface area contributed by atoms with Gasteiger partial charge in [-0.1, -0.05) is 13.8 Å². The van der Waals surface area contributed by atoms with Crippen LogP contribution < -0.4 is 15.8 Å². The lowest BCUT2D eigenvalue weighted by Crippen LogP contribution is -2.37. The van der Waals surface area contributed by atoms with Gasteiger partial charge in [-0.15, -0.1) is 0 Å². The van der Waals surface area contributed by atoms with Crippen molar-refractivity contribution in [2.45, 2.75) is 46.2 Å². The molecule has 3 rings (SSSR count). The third-order valence-corrected chi connectivity index (χ3v) is 5.84. The van der Waals surface area contributed by atoms with Crippen molar-refractivity contribution in [1.82, 2.24) is 19.5 Å². The first-order valence-corrected chi connectivity index (χ1v) is 13.1. The number of ether oxygens (including phenoxy) is 4. The van der Waals surface area contributed by atoms with Gasteiger partial charge in [-0.2, -0.15) is 5.26 Å². The molecule has 39 heavy (non-hydrogen) atoms. The van der Waals surface area contributed by atoms with E-state index >= 15 is 0 Å². The van der Waals surface area contributed by atoms with Crippen LogP contribution in [0.5, 0.6) is 5.75 Å². The molecular formula is C27H37N7O5. The van der Waals surface area contributed by atoms with Gasteiger partial charge in [-0.05, 0) is 38.3 Å². The average molecular weight is 540 g/mol. The number of aromatic nitrogens is 4. The lowest BCUT2D eigenvalue weighted by Gasteiger charge is -2.18. The number of hydrogen-bond donors (Lipinski definition) is 2. The van der Waals surface area contributed by atoms with Crippen molar-refractivity contribution in [2.24, 2.45) is 11.7 Å². The molecule has 1 unspecified atom stereocenters. The summed E-state index contributed by atoms with van der Waals surface area (Å²) in [6, 6.07) is 6.74. The summed E-state index contributed by atoms with van der Waals surface area (Å²) in [5.74, 6) is 1.25. The Balaban J connectivity index is 1.66. The predicted molar refractivity (Wildman–Crippen MR) is 146 cm³/mol. The van der Waals surface area contributed by atoms with Gasteiger partial charge < -0.3 is 30.0 Å². The quantitative estimate of drug-likeness (QED) is 0.203. The molecule has 12 heteroatoms. The normalized spacial score (nSPS) is 12.7. The first kappa shape index (κ1) is 29.8. The molecule has 210 valence electrons. The summed E-state index contributed by atoms with van der Waals surface area (Å²) < 4.78 is 23.9. The van der Waals surface area contributed by atoms with E-state index in [1.54, 1.807) is 23.0 Å². The van der Waals surface area contributed by atoms with Gasteiger partial charge >= 0.3 is 5.97 Å². The van der Waals surface area contributed by atoms with E-state index in [9.17, 15) is 4.79 Å². The fourth-order valence-corrected chi connectivity index (χ4v) is 3.49. The van der Waals surface area contributed by atoms with Gasteiger partial charge in [0, 0.05) is 31.5 Å². The number of rotatable bonds is 16. The summed E-state index contributed by atoms with van der Waals surface area (Å²) in [6.45, 7) is 9.92. The van der Waals surface area contributed by atoms with Gasteiger partial charge in [0.05, 0.1) is 18.8 Å². The molecule has 0 aliphatic rings. The molecule has 0 amide bonds. The van der Waals surface area contributed by atoms with Crippen molar-refractivity contribution in [1.29, 1.82) is 5.26 Å². The summed E-state index contributed by atoms with van der Waals surface area (Å²) >= 11 is 0. The SMILES string of the molecule is CCOCCC(C)Nc1nc2c(cc1OCCOCCOC(=O)[C@@H](N)C(C)C)ncn2-c1ccc(C#N)cn1. The van der Waals surface area contributed by atoms with Crippen LogP contribution in [0.25, 0.3) is 17.0 Å². The minimum Gasteiger partial charge on any atom is -0.487 e. The van der Waals surface area contributed by atoms with Crippen molar-refractivity contribution in [3.8, 4) is 17.6 Å². The van der Waals surface area contributed by atoms with E-state index in [1.165, 1.54) is 6.20 Å². The summed E-state index contributed by atoms with van der Waals surface area (Å²) in [7, 11) is 0. The van der Waals surface area contributed by atoms with E-state index in [1.807, 2.05) is 33.8 Å². The van der Waals surface area contributed by atoms with Gasteiger partial charge in [0.1, 0.15) is 43.0 Å². The molecule has 0 aliphatic carbocycles. The highest BCUT2D eigenvalue weighted by atomic mass is 16.6. The Morgan fingerprint density at radius 1 is 1.13 bits per heavy atom. The summed E-state index contributed by atoms with van der Waals surface area (Å²) in [5, 5.41) is 12.5. The number of esters is 1. The highest BCUT2D eigenvalue weighted by Crippen LogP contribution is 2.29. The van der Waals surface area contributed by atoms with E-state index in [2.05, 4.69) is 21.4 Å². The number of imidazole rings is 1. The predicted octanol–water partition coefficient (Wildman–Crippen LogP) is 2.84. The van der Waals surface area contributed by atoms with Crippen LogP contribution in [0.15, 0.2) is 30.7 Å². The van der Waals surface area contributed by atoms with E-state index in [0.29, 0.717) is 47.3 Å². The first-order valence-electron chi connectivity index (χ1n) is 13.1. The Labute approximate surface area is 228 Å². The number of carbonyl (C=O) groups is 1. The number of fused-ring (bicyclic) bond motifs is 1. The smallest absolute Gasteiger partial charge is 0.323 e. The van der Waals surface area contributed by atoms with Gasteiger partial charge in [0.15, 0.2) is 17.2 Å². The standard InChI is InChI=1S/C27H37N7O5/c1-5-36-9-8-19(4)32-25-22(38-12-10-37-11-13-39-27(35)24(29)18(2)3)14-21-26(33-25)34(17-31-21)23-7-6-20(15-28)16-30-23/h6-7,14,16-19,24H,5,8-13,29H2,1-4H3,(H,32,33)/t19?,24-/m0/s1. The maximum Gasteiger partial charge on any atom is 0.323 e. The lowest BCUT2D eigenvalue weighted by molar-refractivity contribution is -0.147. The highest BCUT2D eigenvalue weighted by molar-refractivity contribution is 5.78. The number of carbonyl (C=O) groups excluding carboxylic acids is 1. The molecule has 0 aromatic carbocycles. The number of hydrogen-bond acceptors (Lipinski definition) is 11. The van der Waals surface area contributed by atoms with Gasteiger partial charge in [-0.3, -0.25) is 9.36 Å². The molecule has 3 heterocycles. The third-order valence-electron chi connectivity index (χ3n) is 5.84. The van der Waals surface area contributed by atoms with E-state index in [0.717, 1.165) is 6.42 Å². The zero-order valence-corrected chi connectivity index (χ0v) is 22.9. The van der Waals surface area contributed by atoms with Crippen LogP contribution in [0, 0.1) is 17.2 Å². The Kier molecular flexibility index (Phi) is 11.4. The number of anilines is 1. The van der Waals surface area contributed by atoms with E-state index in [-0.39, 0.29) is 38.4 Å². The minimum atomic E-state index is -0.645. The van der Waals surface area contributed by atoms with Gasteiger partial charge in [0.2, 0.25) is 0 Å². The van der Waals surface area contributed by atoms with Crippen molar-refractivity contribution >= 4 is 23.0 Å². The lowest BCUT2D eigenvalue weighted by atomic mass is 10.1. The molecule has 2 atom stereocenters. The Morgan fingerprint density at radius 2 is 1.92 bits per heavy atom. The molecule has 0 spiro atoms. The fourth-order valence-electron chi connectivity index (χ4n) is 3.49. The molecule has 0 bridgehead atoms. The van der Waals surface area contributed by atoms with E-state index in [4.69, 9.17) is 34.9 Å². The van der Waals surface area contributed by atoms with Crippen molar-refractivity contribution in [2.75, 3.05) is 45.0 Å². The second kappa shape index (κ2) is 15.0. The maximum atomic E-state index is 11.8. The molecule has 3 aromatic rings. The zero-order chi connectivity index (χ0) is 28.2. The second-order valence-corrected chi connectivity index (χ2v) is 9.24. The molecule has 0 radical (unpaired) electrons. The zero-order valence-electron chi connectivity index (χ0n) is 22.9. The molecule has 0 aliphatic heterocycles. The monoisotopic (exact) mass is 539 g/mol. The Morgan fingerprint density at radius 3 is 2.62 bits per heavy atom. The molecular weight excluding hydrogens is 502 g/mol. The van der Waals surface area contributed by atoms with Crippen LogP contribution in [0.4, 0.5) is 5.82 Å². The van der Waals surface area contributed by atoms with Gasteiger partial charge in [-0.25, -0.2) is 15.0 Å². The Hall–Kier alpha value is -3.79. The number of nitriles is 1. The number of nitrogens with two attached hydrogens (primary N) is 1. The van der Waals surface area contributed by atoms with Crippen molar-refractivity contribution in [3.05, 3.63) is 36.3 Å². The number of nitrogens with zero attached hydrogens (tertiary/aromatic N) is 5. The van der Waals surface area contributed by atoms with Crippen molar-refractivity contribution in [3.63, 3.8) is 0 Å². The average Bonchev–Trinajstić information content (AvgIpc) is 3.34. The molecule has 3 N–H and O–H groups in total. The molecule has 0 saturated heterocycles. The van der Waals surface area contributed by atoms with E-state index < -0.39 is 12.0 Å². The van der Waals surface area contributed by atoms with Crippen LogP contribution in [0.2, 0.25) is 0 Å². The number of nitrogens with one attached hydrogen (secondary N) is 1. The maximum absolute atomic E-state index is 11.8. The summed E-state index contributed by atoms with van der Waals surface area (Å²) in [5.41, 5.74) is 7.47. The van der Waals surface area contributed by atoms with Gasteiger partial charge in [0.25, 0.3) is 0 Å². The topological polar surface area (TPSA) is 159 Å². The molecule has 12 nitrogen and oxygen atoms in total. The Bertz CT molecular complexity index is 1240. The summed E-state index contributed by atoms with van der Waals surface area (Å²) in [6.07, 6.45) is 3.92. The second-order valence-electron chi connectivity index (χ2n) is 9.24. The number of pyridine rings is 2. The minimum absolute atomic E-state index is 0.00855.